The van der Waals surface area contributed by atoms with Gasteiger partial charge in [-0.05, 0) is 38.5 Å². The van der Waals surface area contributed by atoms with Crippen LogP contribution in [0.2, 0.25) is 0 Å². The maximum Gasteiger partial charge on any atom is 0.335 e. The monoisotopic (exact) mass is 301 g/mol. The Morgan fingerprint density at radius 1 is 1.45 bits per heavy atom. The van der Waals surface area contributed by atoms with Crippen LogP contribution in [0.15, 0.2) is 23.1 Å². The first-order chi connectivity index (χ1) is 9.29. The molecule has 0 bridgehead atoms. The highest BCUT2D eigenvalue weighted by atomic mass is 32.2. The summed E-state index contributed by atoms with van der Waals surface area (Å²) in [5.41, 5.74) is 0.197. The first kappa shape index (κ1) is 16.6. The molecule has 0 aromatic heterocycles. The van der Waals surface area contributed by atoms with Crippen molar-refractivity contribution in [2.75, 3.05) is 13.2 Å². The van der Waals surface area contributed by atoms with Crippen LogP contribution in [0.4, 0.5) is 0 Å². The summed E-state index contributed by atoms with van der Waals surface area (Å²) in [6, 6.07) is 4.17. The van der Waals surface area contributed by atoms with Gasteiger partial charge in [0, 0.05) is 13.2 Å². The average molecular weight is 301 g/mol. The normalized spacial score (nSPS) is 13.2. The Labute approximate surface area is 118 Å². The summed E-state index contributed by atoms with van der Waals surface area (Å²) in [7, 11) is -3.75. The minimum absolute atomic E-state index is 0.0225. The maximum absolute atomic E-state index is 12.2. The molecular weight excluding hydrogens is 282 g/mol. The molecule has 0 fully saturated rings. The smallest absolute Gasteiger partial charge is 0.335 e. The van der Waals surface area contributed by atoms with Gasteiger partial charge in [0.25, 0.3) is 0 Å². The van der Waals surface area contributed by atoms with E-state index in [4.69, 9.17) is 9.84 Å². The lowest BCUT2D eigenvalue weighted by Crippen LogP contribution is -2.32. The van der Waals surface area contributed by atoms with Gasteiger partial charge in [0.2, 0.25) is 10.0 Å². The van der Waals surface area contributed by atoms with Gasteiger partial charge in [0.05, 0.1) is 16.6 Å². The number of hydrogen-bond donors (Lipinski definition) is 2. The second-order valence-electron chi connectivity index (χ2n) is 4.35. The molecule has 0 aliphatic heterocycles. The molecular formula is C13H19NO5S. The Hall–Kier alpha value is -1.44. The minimum Gasteiger partial charge on any atom is -0.478 e. The Bertz CT molecular complexity index is 582. The summed E-state index contributed by atoms with van der Waals surface area (Å²) < 4.78 is 32.0. The van der Waals surface area contributed by atoms with Crippen molar-refractivity contribution >= 4 is 16.0 Å². The van der Waals surface area contributed by atoms with E-state index in [0.29, 0.717) is 6.61 Å². The van der Waals surface area contributed by atoms with E-state index >= 15 is 0 Å². The molecule has 0 aliphatic carbocycles. The Kier molecular flexibility index (Phi) is 5.67. The number of aromatic carboxylic acids is 1. The first-order valence-corrected chi connectivity index (χ1v) is 7.72. The van der Waals surface area contributed by atoms with Gasteiger partial charge in [-0.3, -0.25) is 0 Å². The van der Waals surface area contributed by atoms with Gasteiger partial charge in [0.15, 0.2) is 0 Å². The number of carboxylic acid groups (broad SMARTS) is 1. The van der Waals surface area contributed by atoms with Crippen LogP contribution in [0.25, 0.3) is 0 Å². The highest BCUT2D eigenvalue weighted by molar-refractivity contribution is 7.89. The fraction of sp³-hybridized carbons (Fsp3) is 0.462. The molecule has 0 heterocycles. The summed E-state index contributed by atoms with van der Waals surface area (Å²) in [5.74, 6) is -1.15. The van der Waals surface area contributed by atoms with Crippen LogP contribution in [0.1, 0.15) is 29.8 Å². The molecule has 0 amide bonds. The molecule has 7 heteroatoms. The van der Waals surface area contributed by atoms with E-state index in [9.17, 15) is 13.2 Å². The quantitative estimate of drug-likeness (QED) is 0.794. The van der Waals surface area contributed by atoms with E-state index in [-0.39, 0.29) is 28.7 Å². The molecule has 20 heavy (non-hydrogen) atoms. The van der Waals surface area contributed by atoms with Crippen LogP contribution in [-0.2, 0) is 14.8 Å². The summed E-state index contributed by atoms with van der Waals surface area (Å²) in [6.45, 7) is 5.69. The van der Waals surface area contributed by atoms with Gasteiger partial charge in [-0.2, -0.15) is 0 Å². The molecule has 112 valence electrons. The van der Waals surface area contributed by atoms with E-state index in [0.717, 1.165) is 0 Å². The second kappa shape index (κ2) is 6.83. The molecule has 0 saturated carbocycles. The van der Waals surface area contributed by atoms with Crippen molar-refractivity contribution in [2.24, 2.45) is 0 Å². The van der Waals surface area contributed by atoms with Crippen molar-refractivity contribution in [3.63, 3.8) is 0 Å². The first-order valence-electron chi connectivity index (χ1n) is 6.23. The Balaban J connectivity index is 2.99. The Morgan fingerprint density at radius 2 is 2.10 bits per heavy atom. The number of carbonyl (C=O) groups is 1. The zero-order valence-electron chi connectivity index (χ0n) is 11.7. The highest BCUT2D eigenvalue weighted by Crippen LogP contribution is 2.18. The predicted molar refractivity (Wildman–Crippen MR) is 74.4 cm³/mol. The van der Waals surface area contributed by atoms with Gasteiger partial charge >= 0.3 is 5.97 Å². The number of ether oxygens (including phenoxy) is 1. The van der Waals surface area contributed by atoms with Crippen LogP contribution in [0.5, 0.6) is 0 Å². The van der Waals surface area contributed by atoms with Gasteiger partial charge < -0.3 is 9.84 Å². The molecule has 0 radical (unpaired) electrons. The van der Waals surface area contributed by atoms with Gasteiger partial charge in [-0.1, -0.05) is 6.07 Å². The predicted octanol–water partition coefficient (Wildman–Crippen LogP) is 1.40. The van der Waals surface area contributed by atoms with Crippen molar-refractivity contribution in [2.45, 2.75) is 31.8 Å². The highest BCUT2D eigenvalue weighted by Gasteiger charge is 2.21. The van der Waals surface area contributed by atoms with Crippen molar-refractivity contribution in [1.29, 1.82) is 0 Å². The average Bonchev–Trinajstić information content (AvgIpc) is 2.36. The molecule has 1 aromatic carbocycles. The fourth-order valence-electron chi connectivity index (χ4n) is 1.79. The fourth-order valence-corrected chi connectivity index (χ4v) is 3.17. The maximum atomic E-state index is 12.2. The number of nitrogens with one attached hydrogen (secondary N) is 1. The minimum atomic E-state index is -3.75. The number of sulfonamides is 1. The van der Waals surface area contributed by atoms with E-state index < -0.39 is 16.0 Å². The molecule has 0 aliphatic rings. The molecule has 2 N–H and O–H groups in total. The lowest BCUT2D eigenvalue weighted by molar-refractivity contribution is 0.0695. The van der Waals surface area contributed by atoms with E-state index in [2.05, 4.69) is 4.72 Å². The lowest BCUT2D eigenvalue weighted by Gasteiger charge is -2.14. The Morgan fingerprint density at radius 3 is 2.65 bits per heavy atom. The summed E-state index contributed by atoms with van der Waals surface area (Å²) in [4.78, 5) is 11.0. The molecule has 0 spiro atoms. The van der Waals surface area contributed by atoms with Gasteiger partial charge in [-0.15, -0.1) is 0 Å². The third-order valence-corrected chi connectivity index (χ3v) is 4.38. The van der Waals surface area contributed by atoms with Crippen LogP contribution < -0.4 is 4.72 Å². The van der Waals surface area contributed by atoms with E-state index in [1.54, 1.807) is 6.92 Å². The van der Waals surface area contributed by atoms with Gasteiger partial charge in [-0.25, -0.2) is 17.9 Å². The van der Waals surface area contributed by atoms with Crippen molar-refractivity contribution in [3.8, 4) is 0 Å². The summed E-state index contributed by atoms with van der Waals surface area (Å²) >= 11 is 0. The SMILES string of the molecule is CCOC(C)CNS(=O)(=O)c1cccc(C(=O)O)c1C. The van der Waals surface area contributed by atoms with E-state index in [1.807, 2.05) is 6.92 Å². The number of benzene rings is 1. The number of rotatable bonds is 7. The summed E-state index contributed by atoms with van der Waals surface area (Å²) in [6.07, 6.45) is -0.252. The molecule has 1 unspecified atom stereocenters. The third-order valence-electron chi connectivity index (χ3n) is 2.82. The largest absolute Gasteiger partial charge is 0.478 e. The van der Waals surface area contributed by atoms with Crippen LogP contribution in [0.3, 0.4) is 0 Å². The molecule has 6 nitrogen and oxygen atoms in total. The number of carboxylic acids is 1. The van der Waals surface area contributed by atoms with Crippen LogP contribution >= 0.6 is 0 Å². The van der Waals surface area contributed by atoms with E-state index in [1.165, 1.54) is 25.1 Å². The zero-order valence-corrected chi connectivity index (χ0v) is 12.5. The van der Waals surface area contributed by atoms with Crippen LogP contribution in [-0.4, -0.2) is 38.7 Å². The summed E-state index contributed by atoms with van der Waals surface area (Å²) in [5, 5.41) is 9.01. The third kappa shape index (κ3) is 4.03. The molecule has 1 atom stereocenters. The number of hydrogen-bond acceptors (Lipinski definition) is 4. The molecule has 0 saturated heterocycles. The molecule has 1 aromatic rings. The standard InChI is InChI=1S/C13H19NO5S/c1-4-19-9(2)8-14-20(17,18)12-7-5-6-11(10(12)3)13(15)16/h5-7,9,14H,4,8H2,1-3H3,(H,15,16). The van der Waals surface area contributed by atoms with Crippen molar-refractivity contribution < 1.29 is 23.1 Å². The molecule has 1 rings (SSSR count). The van der Waals surface area contributed by atoms with Crippen molar-refractivity contribution in [3.05, 3.63) is 29.3 Å². The van der Waals surface area contributed by atoms with Gasteiger partial charge in [0.1, 0.15) is 0 Å². The van der Waals surface area contributed by atoms with Crippen LogP contribution in [0, 0.1) is 6.92 Å². The van der Waals surface area contributed by atoms with Crippen molar-refractivity contribution in [1.82, 2.24) is 4.72 Å². The second-order valence-corrected chi connectivity index (χ2v) is 6.09. The topological polar surface area (TPSA) is 92.7 Å². The lowest BCUT2D eigenvalue weighted by atomic mass is 10.1. The zero-order chi connectivity index (χ0) is 15.3.